The van der Waals surface area contributed by atoms with E-state index in [0.717, 1.165) is 50.1 Å². The number of nitrogens with zero attached hydrogens (tertiary/aromatic N) is 6. The molecule has 2 aromatic heterocycles. The van der Waals surface area contributed by atoms with Crippen LogP contribution in [0.25, 0.3) is 16.9 Å². The number of hydrogen-bond donors (Lipinski definition) is 3. The first-order chi connectivity index (χ1) is 19.8. The quantitative estimate of drug-likeness (QED) is 0.268. The lowest BCUT2D eigenvalue weighted by molar-refractivity contribution is 0.0950. The van der Waals surface area contributed by atoms with Crippen LogP contribution in [0.3, 0.4) is 0 Å². The second-order valence-electron chi connectivity index (χ2n) is 10.8. The first kappa shape index (κ1) is 28.4. The van der Waals surface area contributed by atoms with Crippen LogP contribution in [-0.2, 0) is 0 Å². The number of piperidine rings is 1. The molecule has 2 aromatic carbocycles. The number of halogens is 1. The Morgan fingerprint density at radius 3 is 2.66 bits per heavy atom. The highest BCUT2D eigenvalue weighted by Gasteiger charge is 2.23. The number of likely N-dealkylation sites (N-methyl/N-ethyl adjacent to an activating group) is 1. The molecule has 0 saturated carbocycles. The third-order valence-electron chi connectivity index (χ3n) is 7.48. The third-order valence-corrected chi connectivity index (χ3v) is 7.48. The number of nitrogens with one attached hydrogen (secondary N) is 2. The highest BCUT2D eigenvalue weighted by Crippen LogP contribution is 2.30. The van der Waals surface area contributed by atoms with Gasteiger partial charge >= 0.3 is 0 Å². The van der Waals surface area contributed by atoms with Gasteiger partial charge in [-0.2, -0.15) is 9.97 Å². The van der Waals surface area contributed by atoms with Crippen molar-refractivity contribution in [2.45, 2.75) is 26.2 Å². The number of aromatic nitrogens is 4. The van der Waals surface area contributed by atoms with E-state index in [4.69, 9.17) is 9.97 Å². The van der Waals surface area contributed by atoms with Crippen LogP contribution >= 0.6 is 0 Å². The molecule has 0 bridgehead atoms. The number of carbonyl (C=O) groups excluding carboxylic acids is 1. The zero-order valence-electron chi connectivity index (χ0n) is 23.8. The normalized spacial score (nSPS) is 14.1. The molecule has 3 heterocycles. The van der Waals surface area contributed by atoms with Crippen molar-refractivity contribution in [3.05, 3.63) is 65.7 Å². The average molecular weight is 561 g/mol. The van der Waals surface area contributed by atoms with Gasteiger partial charge in [0.15, 0.2) is 17.0 Å². The Balaban J connectivity index is 1.46. The van der Waals surface area contributed by atoms with Crippen LogP contribution in [0.4, 0.5) is 21.8 Å². The number of amides is 1. The van der Waals surface area contributed by atoms with E-state index in [-0.39, 0.29) is 18.3 Å². The van der Waals surface area contributed by atoms with Gasteiger partial charge in [0.2, 0.25) is 5.95 Å². The van der Waals surface area contributed by atoms with Gasteiger partial charge < -0.3 is 25.5 Å². The molecule has 1 fully saturated rings. The summed E-state index contributed by atoms with van der Waals surface area (Å²) in [5.41, 5.74) is 3.94. The number of rotatable bonds is 10. The van der Waals surface area contributed by atoms with Crippen LogP contribution in [0, 0.1) is 18.7 Å². The van der Waals surface area contributed by atoms with Crippen molar-refractivity contribution >= 4 is 34.5 Å². The maximum atomic E-state index is 14.1. The molecule has 1 aliphatic heterocycles. The van der Waals surface area contributed by atoms with E-state index < -0.39 is 0 Å². The summed E-state index contributed by atoms with van der Waals surface area (Å²) >= 11 is 0. The number of aryl methyl sites for hydroxylation is 1. The summed E-state index contributed by atoms with van der Waals surface area (Å²) in [6.45, 7) is 4.99. The fourth-order valence-electron chi connectivity index (χ4n) is 5.16. The minimum absolute atomic E-state index is 0.110. The van der Waals surface area contributed by atoms with Gasteiger partial charge in [0, 0.05) is 44.0 Å². The third kappa shape index (κ3) is 6.63. The molecule has 1 saturated heterocycles. The predicted molar refractivity (Wildman–Crippen MR) is 159 cm³/mol. The lowest BCUT2D eigenvalue weighted by Crippen LogP contribution is -2.35. The molecule has 4 aromatic rings. The summed E-state index contributed by atoms with van der Waals surface area (Å²) in [7, 11) is 3.93. The van der Waals surface area contributed by atoms with Crippen molar-refractivity contribution in [2.24, 2.45) is 5.92 Å². The Kier molecular flexibility index (Phi) is 8.75. The van der Waals surface area contributed by atoms with Gasteiger partial charge in [-0.3, -0.25) is 9.36 Å². The lowest BCUT2D eigenvalue weighted by atomic mass is 9.94. The number of fused-ring (bicyclic) bond motifs is 1. The second kappa shape index (κ2) is 12.6. The summed E-state index contributed by atoms with van der Waals surface area (Å²) in [6.07, 6.45) is 4.33. The minimum atomic E-state index is -0.343. The Labute approximate surface area is 239 Å². The molecule has 11 heteroatoms. The molecule has 0 aliphatic carbocycles. The van der Waals surface area contributed by atoms with Crippen LogP contribution in [0.15, 0.2) is 48.8 Å². The summed E-state index contributed by atoms with van der Waals surface area (Å²) in [5, 5.41) is 15.7. The monoisotopic (exact) mass is 560 g/mol. The maximum Gasteiger partial charge on any atom is 0.251 e. The van der Waals surface area contributed by atoms with Gasteiger partial charge in [0.25, 0.3) is 5.91 Å². The summed E-state index contributed by atoms with van der Waals surface area (Å²) in [4.78, 5) is 31.2. The minimum Gasteiger partial charge on any atom is -0.396 e. The molecule has 0 unspecified atom stereocenters. The van der Waals surface area contributed by atoms with E-state index in [1.54, 1.807) is 23.0 Å². The first-order valence-electron chi connectivity index (χ1n) is 14.0. The molecular formula is C30H37FN8O2. The number of carbonyl (C=O) groups is 1. The Hall–Kier alpha value is -4.09. The van der Waals surface area contributed by atoms with E-state index in [1.807, 2.05) is 44.1 Å². The van der Waals surface area contributed by atoms with Gasteiger partial charge in [0.05, 0.1) is 5.69 Å². The molecule has 10 nitrogen and oxygen atoms in total. The molecular weight excluding hydrogens is 523 g/mol. The molecule has 0 spiro atoms. The summed E-state index contributed by atoms with van der Waals surface area (Å²) < 4.78 is 15.9. The zero-order chi connectivity index (χ0) is 28.9. The molecule has 1 amide bonds. The number of hydrogen-bond acceptors (Lipinski definition) is 8. The van der Waals surface area contributed by atoms with Crippen molar-refractivity contribution < 1.29 is 14.3 Å². The van der Waals surface area contributed by atoms with Gasteiger partial charge in [0.1, 0.15) is 12.1 Å². The number of aliphatic hydroxyl groups excluding tert-OH is 1. The highest BCUT2D eigenvalue weighted by molar-refractivity contribution is 5.96. The van der Waals surface area contributed by atoms with Gasteiger partial charge in [-0.25, -0.2) is 9.37 Å². The summed E-state index contributed by atoms with van der Waals surface area (Å²) in [5.74, 6) is 1.12. The van der Waals surface area contributed by atoms with Gasteiger partial charge in [-0.15, -0.1) is 0 Å². The van der Waals surface area contributed by atoms with E-state index >= 15 is 0 Å². The number of anilines is 3. The van der Waals surface area contributed by atoms with Crippen molar-refractivity contribution in [2.75, 3.05) is 57.1 Å². The topological polar surface area (TPSA) is 111 Å². The number of benzene rings is 2. The fraction of sp³-hybridized carbons (Fsp3) is 0.400. The average Bonchev–Trinajstić information content (AvgIpc) is 3.38. The van der Waals surface area contributed by atoms with E-state index in [9.17, 15) is 14.3 Å². The Morgan fingerprint density at radius 2 is 1.95 bits per heavy atom. The van der Waals surface area contributed by atoms with Gasteiger partial charge in [-0.05, 0) is 88.2 Å². The molecule has 5 rings (SSSR count). The SMILES string of the molecule is Cc1cc(Nc2nc(N3CCC(CCO)CC3)nc3c2ncn3-c2cccc(F)c2)ccc1C(=O)NCCN(C)C. The number of imidazole rings is 1. The van der Waals surface area contributed by atoms with Gasteiger partial charge in [-0.1, -0.05) is 6.07 Å². The molecule has 0 atom stereocenters. The number of aliphatic hydroxyl groups is 1. The highest BCUT2D eigenvalue weighted by atomic mass is 19.1. The second-order valence-corrected chi connectivity index (χ2v) is 10.8. The largest absolute Gasteiger partial charge is 0.396 e. The smallest absolute Gasteiger partial charge is 0.251 e. The summed E-state index contributed by atoms with van der Waals surface area (Å²) in [6, 6.07) is 11.9. The molecule has 1 aliphatic rings. The maximum absolute atomic E-state index is 14.1. The van der Waals surface area contributed by atoms with Crippen molar-refractivity contribution in [1.82, 2.24) is 29.7 Å². The van der Waals surface area contributed by atoms with Crippen LogP contribution in [0.1, 0.15) is 35.2 Å². The van der Waals surface area contributed by atoms with Crippen LogP contribution in [0.5, 0.6) is 0 Å². The van der Waals surface area contributed by atoms with E-state index in [2.05, 4.69) is 20.5 Å². The van der Waals surface area contributed by atoms with Crippen LogP contribution < -0.4 is 15.5 Å². The van der Waals surface area contributed by atoms with Crippen molar-refractivity contribution in [1.29, 1.82) is 0 Å². The molecule has 3 N–H and O–H groups in total. The Morgan fingerprint density at radius 1 is 1.15 bits per heavy atom. The molecule has 41 heavy (non-hydrogen) atoms. The molecule has 0 radical (unpaired) electrons. The van der Waals surface area contributed by atoms with E-state index in [0.29, 0.717) is 46.6 Å². The lowest BCUT2D eigenvalue weighted by Gasteiger charge is -2.32. The first-order valence-corrected chi connectivity index (χ1v) is 14.0. The van der Waals surface area contributed by atoms with Crippen molar-refractivity contribution in [3.63, 3.8) is 0 Å². The standard InChI is InChI=1S/C30H37FN8O2/c1-20-17-23(7-8-25(20)29(41)32-12-15-37(2)3)34-27-26-28(39(19-33-26)24-6-4-5-22(31)18-24)36-30(35-27)38-13-9-21(10-14-38)11-16-40/h4-8,17-19,21,40H,9-16H2,1-3H3,(H,32,41)(H,34,35,36). The Bertz CT molecular complexity index is 1510. The zero-order valence-corrected chi connectivity index (χ0v) is 23.8. The van der Waals surface area contributed by atoms with Crippen LogP contribution in [-0.4, -0.2) is 82.3 Å². The molecule has 216 valence electrons. The van der Waals surface area contributed by atoms with Crippen molar-refractivity contribution in [3.8, 4) is 5.69 Å². The fourth-order valence-corrected chi connectivity index (χ4v) is 5.16. The van der Waals surface area contributed by atoms with E-state index in [1.165, 1.54) is 12.1 Å². The predicted octanol–water partition coefficient (Wildman–Crippen LogP) is 3.90. The van der Waals surface area contributed by atoms with Crippen LogP contribution in [0.2, 0.25) is 0 Å².